The number of ether oxygens (including phenoxy) is 2. The Morgan fingerprint density at radius 1 is 1.24 bits per heavy atom. The van der Waals surface area contributed by atoms with Gasteiger partial charge in [-0.25, -0.2) is 0 Å². The van der Waals surface area contributed by atoms with Gasteiger partial charge in [0, 0.05) is 5.56 Å². The maximum absolute atomic E-state index is 10.3. The van der Waals surface area contributed by atoms with E-state index in [4.69, 9.17) is 9.47 Å². The average Bonchev–Trinajstić information content (AvgIpc) is 2.97. The van der Waals surface area contributed by atoms with Crippen LogP contribution in [0.25, 0.3) is 0 Å². The van der Waals surface area contributed by atoms with Crippen molar-refractivity contribution < 1.29 is 14.6 Å². The zero-order valence-corrected chi connectivity index (χ0v) is 13.7. The third-order valence-corrected chi connectivity index (χ3v) is 4.35. The number of methoxy groups -OCH3 is 1. The lowest BCUT2D eigenvalue weighted by molar-refractivity contribution is 0.0586. The molecule has 1 saturated carbocycles. The molecule has 0 aromatic heterocycles. The minimum Gasteiger partial charge on any atom is -0.497 e. The highest BCUT2D eigenvalue weighted by molar-refractivity contribution is 5.44. The fraction of sp³-hybridized carbons (Fsp3) is 0.667. The van der Waals surface area contributed by atoms with Gasteiger partial charge in [0.1, 0.15) is 18.1 Å². The number of aliphatic hydroxyl groups is 1. The van der Waals surface area contributed by atoms with Crippen LogP contribution in [0, 0.1) is 5.92 Å². The Bertz CT molecular complexity index is 456. The van der Waals surface area contributed by atoms with Gasteiger partial charge in [0.2, 0.25) is 0 Å². The number of aliphatic hydroxyl groups excluding tert-OH is 1. The molecule has 1 aliphatic rings. The van der Waals surface area contributed by atoms with Gasteiger partial charge in [-0.2, -0.15) is 0 Å². The topological polar surface area (TPSA) is 38.7 Å². The molecule has 1 atom stereocenters. The van der Waals surface area contributed by atoms with Crippen molar-refractivity contribution in [1.29, 1.82) is 0 Å². The Kier molecular flexibility index (Phi) is 5.15. The highest BCUT2D eigenvalue weighted by Crippen LogP contribution is 2.35. The van der Waals surface area contributed by atoms with E-state index in [9.17, 15) is 5.11 Å². The van der Waals surface area contributed by atoms with E-state index in [1.165, 1.54) is 12.8 Å². The van der Waals surface area contributed by atoms with Gasteiger partial charge in [-0.3, -0.25) is 0 Å². The fourth-order valence-electron chi connectivity index (χ4n) is 3.00. The van der Waals surface area contributed by atoms with Crippen LogP contribution < -0.4 is 9.47 Å². The average molecular weight is 292 g/mol. The number of hydrogen-bond acceptors (Lipinski definition) is 3. The minimum atomic E-state index is -0.359. The molecule has 3 nitrogen and oxygen atoms in total. The van der Waals surface area contributed by atoms with Gasteiger partial charge in [-0.15, -0.1) is 0 Å². The van der Waals surface area contributed by atoms with Gasteiger partial charge in [0.05, 0.1) is 13.2 Å². The lowest BCUT2D eigenvalue weighted by Gasteiger charge is -2.25. The SMILES string of the molecule is COc1ccc(OCC(O)C2CCCC2)c(C(C)(C)C)c1. The number of hydrogen-bond donors (Lipinski definition) is 1. The highest BCUT2D eigenvalue weighted by atomic mass is 16.5. The summed E-state index contributed by atoms with van der Waals surface area (Å²) in [5.41, 5.74) is 1.09. The monoisotopic (exact) mass is 292 g/mol. The molecule has 1 aliphatic carbocycles. The first-order valence-electron chi connectivity index (χ1n) is 7.91. The molecule has 2 rings (SSSR count). The highest BCUT2D eigenvalue weighted by Gasteiger charge is 2.25. The van der Waals surface area contributed by atoms with Crippen LogP contribution >= 0.6 is 0 Å². The minimum absolute atomic E-state index is 0.0256. The molecule has 0 saturated heterocycles. The lowest BCUT2D eigenvalue weighted by Crippen LogP contribution is -2.26. The molecule has 1 aromatic carbocycles. The van der Waals surface area contributed by atoms with Crippen molar-refractivity contribution in [3.8, 4) is 11.5 Å². The van der Waals surface area contributed by atoms with Gasteiger partial charge in [-0.1, -0.05) is 33.6 Å². The van der Waals surface area contributed by atoms with Gasteiger partial charge in [0.25, 0.3) is 0 Å². The first kappa shape index (κ1) is 16.2. The zero-order chi connectivity index (χ0) is 15.5. The first-order valence-corrected chi connectivity index (χ1v) is 7.91. The molecule has 0 amide bonds. The van der Waals surface area contributed by atoms with Crippen LogP contribution in [0.5, 0.6) is 11.5 Å². The summed E-state index contributed by atoms with van der Waals surface area (Å²) >= 11 is 0. The Hall–Kier alpha value is -1.22. The van der Waals surface area contributed by atoms with E-state index in [-0.39, 0.29) is 11.5 Å². The molecule has 0 heterocycles. The van der Waals surface area contributed by atoms with Crippen LogP contribution in [0.1, 0.15) is 52.0 Å². The van der Waals surface area contributed by atoms with Crippen LogP contribution in [0.15, 0.2) is 18.2 Å². The van der Waals surface area contributed by atoms with E-state index in [1.807, 2.05) is 18.2 Å². The van der Waals surface area contributed by atoms with E-state index in [0.717, 1.165) is 29.9 Å². The van der Waals surface area contributed by atoms with Crippen molar-refractivity contribution in [2.75, 3.05) is 13.7 Å². The molecular formula is C18H28O3. The summed E-state index contributed by atoms with van der Waals surface area (Å²) in [5, 5.41) is 10.3. The molecule has 118 valence electrons. The second kappa shape index (κ2) is 6.69. The number of benzene rings is 1. The van der Waals surface area contributed by atoms with Crippen molar-refractivity contribution >= 4 is 0 Å². The van der Waals surface area contributed by atoms with E-state index < -0.39 is 0 Å². The second-order valence-electron chi connectivity index (χ2n) is 7.03. The summed E-state index contributed by atoms with van der Waals surface area (Å²) in [6, 6.07) is 5.88. The second-order valence-corrected chi connectivity index (χ2v) is 7.03. The third-order valence-electron chi connectivity index (χ3n) is 4.35. The van der Waals surface area contributed by atoms with E-state index in [0.29, 0.717) is 12.5 Å². The maximum Gasteiger partial charge on any atom is 0.123 e. The van der Waals surface area contributed by atoms with E-state index in [2.05, 4.69) is 20.8 Å². The Labute approximate surface area is 128 Å². The van der Waals surface area contributed by atoms with Crippen molar-refractivity contribution in [3.05, 3.63) is 23.8 Å². The molecule has 1 N–H and O–H groups in total. The number of rotatable bonds is 5. The summed E-state index contributed by atoms with van der Waals surface area (Å²) in [6.45, 7) is 6.84. The summed E-state index contributed by atoms with van der Waals surface area (Å²) < 4.78 is 11.2. The fourth-order valence-corrected chi connectivity index (χ4v) is 3.00. The molecule has 0 aliphatic heterocycles. The normalized spacial score (nSPS) is 17.8. The molecular weight excluding hydrogens is 264 g/mol. The van der Waals surface area contributed by atoms with E-state index in [1.54, 1.807) is 7.11 Å². The maximum atomic E-state index is 10.3. The van der Waals surface area contributed by atoms with Crippen LogP contribution in [0.2, 0.25) is 0 Å². The summed E-state index contributed by atoms with van der Waals surface area (Å²) in [7, 11) is 1.67. The molecule has 1 unspecified atom stereocenters. The van der Waals surface area contributed by atoms with Gasteiger partial charge >= 0.3 is 0 Å². The van der Waals surface area contributed by atoms with Crippen LogP contribution in [-0.4, -0.2) is 24.9 Å². The van der Waals surface area contributed by atoms with Crippen molar-refractivity contribution in [3.63, 3.8) is 0 Å². The van der Waals surface area contributed by atoms with E-state index >= 15 is 0 Å². The van der Waals surface area contributed by atoms with Gasteiger partial charge < -0.3 is 14.6 Å². The molecule has 0 spiro atoms. The lowest BCUT2D eigenvalue weighted by atomic mass is 9.86. The molecule has 21 heavy (non-hydrogen) atoms. The summed E-state index contributed by atoms with van der Waals surface area (Å²) in [5.74, 6) is 2.09. The van der Waals surface area contributed by atoms with Crippen LogP contribution in [0.4, 0.5) is 0 Å². The molecule has 0 radical (unpaired) electrons. The smallest absolute Gasteiger partial charge is 0.123 e. The standard InChI is InChI=1S/C18H28O3/c1-18(2,3)15-11-14(20-4)9-10-17(15)21-12-16(19)13-7-5-6-8-13/h9-11,13,16,19H,5-8,12H2,1-4H3. The predicted octanol–water partition coefficient (Wildman–Crippen LogP) is 3.92. The molecule has 0 bridgehead atoms. The van der Waals surface area contributed by atoms with Gasteiger partial charge in [0.15, 0.2) is 0 Å². The Morgan fingerprint density at radius 3 is 2.48 bits per heavy atom. The Morgan fingerprint density at radius 2 is 1.90 bits per heavy atom. The third kappa shape index (κ3) is 4.13. The zero-order valence-electron chi connectivity index (χ0n) is 13.7. The summed E-state index contributed by atoms with van der Waals surface area (Å²) in [6.07, 6.45) is 4.36. The van der Waals surface area contributed by atoms with Crippen LogP contribution in [0.3, 0.4) is 0 Å². The van der Waals surface area contributed by atoms with Gasteiger partial charge in [-0.05, 0) is 42.4 Å². The Balaban J connectivity index is 2.08. The molecule has 1 aromatic rings. The molecule has 1 fully saturated rings. The van der Waals surface area contributed by atoms with Crippen molar-refractivity contribution in [1.82, 2.24) is 0 Å². The quantitative estimate of drug-likeness (QED) is 0.894. The predicted molar refractivity (Wildman–Crippen MR) is 85.2 cm³/mol. The van der Waals surface area contributed by atoms with Crippen molar-refractivity contribution in [2.45, 2.75) is 58.0 Å². The largest absolute Gasteiger partial charge is 0.497 e. The van der Waals surface area contributed by atoms with Crippen LogP contribution in [-0.2, 0) is 5.41 Å². The summed E-state index contributed by atoms with van der Waals surface area (Å²) in [4.78, 5) is 0. The van der Waals surface area contributed by atoms with Crippen molar-refractivity contribution in [2.24, 2.45) is 5.92 Å². The first-order chi connectivity index (χ1) is 9.91. The molecule has 3 heteroatoms.